The van der Waals surface area contributed by atoms with E-state index in [1.165, 1.54) is 16.0 Å². The largest absolute Gasteiger partial charge is 0.490 e. The molecule has 2 aliphatic heterocycles. The van der Waals surface area contributed by atoms with Crippen LogP contribution in [0.4, 0.5) is 16.2 Å². The van der Waals surface area contributed by atoms with E-state index in [2.05, 4.69) is 11.1 Å². The number of hydrogen-bond acceptors (Lipinski definition) is 6. The molecule has 9 nitrogen and oxygen atoms in total. The van der Waals surface area contributed by atoms with E-state index in [0.29, 0.717) is 66.6 Å². The van der Waals surface area contributed by atoms with Crippen molar-refractivity contribution >= 4 is 40.7 Å². The smallest absolute Gasteiger partial charge is 0.407 e. The van der Waals surface area contributed by atoms with Crippen LogP contribution in [0.25, 0.3) is 0 Å². The van der Waals surface area contributed by atoms with Crippen molar-refractivity contribution in [3.8, 4) is 11.8 Å². The molecule has 1 aliphatic carbocycles. The lowest BCUT2D eigenvalue weighted by Gasteiger charge is -2.43. The monoisotopic (exact) mass is 491 g/mol. The summed E-state index contributed by atoms with van der Waals surface area (Å²) in [5.41, 5.74) is 1.70. The first-order chi connectivity index (χ1) is 16.8. The highest BCUT2D eigenvalue weighted by molar-refractivity contribution is 7.81. The van der Waals surface area contributed by atoms with Crippen LogP contribution in [-0.2, 0) is 4.79 Å². The van der Waals surface area contributed by atoms with Gasteiger partial charge in [0.2, 0.25) is 0 Å². The third-order valence-corrected chi connectivity index (χ3v) is 7.50. The fourth-order valence-corrected chi connectivity index (χ4v) is 5.51. The normalized spacial score (nSPS) is 19.6. The number of aromatic nitrogens is 1. The zero-order valence-corrected chi connectivity index (χ0v) is 20.1. The molecule has 180 valence electrons. The van der Waals surface area contributed by atoms with Crippen molar-refractivity contribution in [3.63, 3.8) is 0 Å². The van der Waals surface area contributed by atoms with Gasteiger partial charge in [-0.15, -0.1) is 0 Å². The number of thiocarbonyl (C=S) groups is 1. The predicted octanol–water partition coefficient (Wildman–Crippen LogP) is 3.84. The summed E-state index contributed by atoms with van der Waals surface area (Å²) < 4.78 is 6.08. The van der Waals surface area contributed by atoms with Gasteiger partial charge in [-0.25, -0.2) is 9.78 Å². The van der Waals surface area contributed by atoms with Gasteiger partial charge in [-0.1, -0.05) is 0 Å². The van der Waals surface area contributed by atoms with E-state index in [0.717, 1.165) is 12.1 Å². The Bertz CT molecular complexity index is 1230. The zero-order chi connectivity index (χ0) is 24.7. The molecule has 0 radical (unpaired) electrons. The molecule has 2 amide bonds. The maximum Gasteiger partial charge on any atom is 0.407 e. The molecule has 2 aromatic rings. The topological polar surface area (TPSA) is 110 Å². The van der Waals surface area contributed by atoms with Crippen molar-refractivity contribution in [1.82, 2.24) is 9.88 Å². The van der Waals surface area contributed by atoms with E-state index in [4.69, 9.17) is 22.1 Å². The second kappa shape index (κ2) is 8.82. The summed E-state index contributed by atoms with van der Waals surface area (Å²) in [6, 6.07) is 11.4. The molecule has 2 saturated heterocycles. The van der Waals surface area contributed by atoms with Gasteiger partial charge < -0.3 is 19.6 Å². The molecular weight excluding hydrogens is 466 g/mol. The lowest BCUT2D eigenvalue weighted by molar-refractivity contribution is -0.123. The maximum absolute atomic E-state index is 13.6. The van der Waals surface area contributed by atoms with Crippen LogP contribution in [0.3, 0.4) is 0 Å². The number of piperidine rings is 1. The highest BCUT2D eigenvalue weighted by Gasteiger charge is 2.59. The number of carbonyl (C=O) groups excluding carboxylic acids is 1. The van der Waals surface area contributed by atoms with Crippen molar-refractivity contribution in [3.05, 3.63) is 47.8 Å². The first kappa shape index (κ1) is 23.1. The highest BCUT2D eigenvalue weighted by atomic mass is 32.1. The van der Waals surface area contributed by atoms with E-state index >= 15 is 0 Å². The molecular formula is C25H25N5O4S. The van der Waals surface area contributed by atoms with Gasteiger partial charge in [0.05, 0.1) is 11.9 Å². The molecule has 1 aromatic heterocycles. The summed E-state index contributed by atoms with van der Waals surface area (Å²) in [6.07, 6.45) is 4.26. The fraction of sp³-hybridized carbons (Fsp3) is 0.400. The quantitative estimate of drug-likeness (QED) is 0.643. The third-order valence-electron chi connectivity index (χ3n) is 7.13. The second-order valence-electron chi connectivity index (χ2n) is 9.20. The van der Waals surface area contributed by atoms with E-state index in [1.54, 1.807) is 13.0 Å². The molecule has 3 aliphatic rings. The van der Waals surface area contributed by atoms with Crippen molar-refractivity contribution in [2.24, 2.45) is 0 Å². The SMILES string of the molecule is Cc1cc(N2C(=O)C3(CCC3)N(c3ccc(OC4CCN(C(=O)O)CC4)cc3)C2=S)cnc1C#N. The molecule has 0 unspecified atom stereocenters. The Labute approximate surface area is 208 Å². The van der Waals surface area contributed by atoms with Crippen molar-refractivity contribution in [2.45, 2.75) is 50.7 Å². The van der Waals surface area contributed by atoms with Gasteiger partial charge >= 0.3 is 6.09 Å². The summed E-state index contributed by atoms with van der Waals surface area (Å²) in [4.78, 5) is 33.8. The number of amides is 2. The van der Waals surface area contributed by atoms with Crippen LogP contribution in [-0.4, -0.2) is 56.8 Å². The molecule has 1 aromatic carbocycles. The Balaban J connectivity index is 1.36. The standard InChI is InChI=1S/C25H25N5O4S/c1-16-13-18(15-27-21(16)14-26)29-22(31)25(9-2-10-25)30(23(29)35)17-3-5-19(6-4-17)34-20-7-11-28(12-8-20)24(32)33/h3-6,13,15,20H,2,7-12H2,1H3,(H,32,33). The first-order valence-corrected chi connectivity index (χ1v) is 12.0. The summed E-state index contributed by atoms with van der Waals surface area (Å²) >= 11 is 5.81. The summed E-state index contributed by atoms with van der Waals surface area (Å²) in [5, 5.41) is 18.7. The maximum atomic E-state index is 13.6. The number of carbonyl (C=O) groups is 2. The number of ether oxygens (including phenoxy) is 1. The van der Waals surface area contributed by atoms with Crippen molar-refractivity contribution in [1.29, 1.82) is 5.26 Å². The molecule has 1 saturated carbocycles. The number of carboxylic acid groups (broad SMARTS) is 1. The van der Waals surface area contributed by atoms with Crippen LogP contribution in [0.5, 0.6) is 5.75 Å². The van der Waals surface area contributed by atoms with E-state index in [1.807, 2.05) is 29.2 Å². The number of nitriles is 1. The molecule has 35 heavy (non-hydrogen) atoms. The van der Waals surface area contributed by atoms with Crippen LogP contribution >= 0.6 is 12.2 Å². The molecule has 0 atom stereocenters. The van der Waals surface area contributed by atoms with Crippen LogP contribution in [0.1, 0.15) is 43.4 Å². The van der Waals surface area contributed by atoms with E-state index in [-0.39, 0.29) is 12.0 Å². The second-order valence-corrected chi connectivity index (χ2v) is 9.56. The number of nitrogens with zero attached hydrogens (tertiary/aromatic N) is 5. The number of hydrogen-bond donors (Lipinski definition) is 1. The number of rotatable bonds is 4. The molecule has 0 bridgehead atoms. The minimum Gasteiger partial charge on any atom is -0.490 e. The average Bonchev–Trinajstić information content (AvgIpc) is 3.06. The Morgan fingerprint density at radius 2 is 1.91 bits per heavy atom. The van der Waals surface area contributed by atoms with Crippen molar-refractivity contribution < 1.29 is 19.4 Å². The van der Waals surface area contributed by atoms with Gasteiger partial charge in [-0.2, -0.15) is 5.26 Å². The number of benzene rings is 1. The lowest BCUT2D eigenvalue weighted by Crippen LogP contribution is -2.55. The number of likely N-dealkylation sites (tertiary alicyclic amines) is 1. The third kappa shape index (κ3) is 3.86. The molecule has 3 heterocycles. The van der Waals surface area contributed by atoms with Gasteiger partial charge in [0.15, 0.2) is 5.11 Å². The van der Waals surface area contributed by atoms with Gasteiger partial charge in [0.1, 0.15) is 29.2 Å². The first-order valence-electron chi connectivity index (χ1n) is 11.6. The van der Waals surface area contributed by atoms with Crippen molar-refractivity contribution in [2.75, 3.05) is 22.9 Å². The van der Waals surface area contributed by atoms with Crippen LogP contribution in [0.2, 0.25) is 0 Å². The minimum absolute atomic E-state index is 0.0357. The van der Waals surface area contributed by atoms with Gasteiger partial charge in [0, 0.05) is 31.6 Å². The average molecular weight is 492 g/mol. The van der Waals surface area contributed by atoms with Crippen LogP contribution < -0.4 is 14.5 Å². The predicted molar refractivity (Wildman–Crippen MR) is 133 cm³/mol. The number of aryl methyl sites for hydroxylation is 1. The van der Waals surface area contributed by atoms with Gasteiger partial charge in [-0.3, -0.25) is 9.69 Å². The number of anilines is 2. The zero-order valence-electron chi connectivity index (χ0n) is 19.3. The summed E-state index contributed by atoms with van der Waals surface area (Å²) in [7, 11) is 0. The molecule has 10 heteroatoms. The number of pyridine rings is 1. The Morgan fingerprint density at radius 1 is 1.23 bits per heavy atom. The molecule has 1 spiro atoms. The molecule has 1 N–H and O–H groups in total. The van der Waals surface area contributed by atoms with E-state index < -0.39 is 11.6 Å². The Hall–Kier alpha value is -3.71. The molecule has 3 fully saturated rings. The van der Waals surface area contributed by atoms with Gasteiger partial charge in [0.25, 0.3) is 5.91 Å². The fourth-order valence-electron chi connectivity index (χ4n) is 5.04. The summed E-state index contributed by atoms with van der Waals surface area (Å²) in [6.45, 7) is 2.72. The van der Waals surface area contributed by atoms with Crippen LogP contribution in [0.15, 0.2) is 36.5 Å². The lowest BCUT2D eigenvalue weighted by atomic mass is 9.75. The summed E-state index contributed by atoms with van der Waals surface area (Å²) in [5.74, 6) is 0.635. The molecule has 5 rings (SSSR count). The van der Waals surface area contributed by atoms with Gasteiger partial charge in [-0.05, 0) is 74.3 Å². The highest BCUT2D eigenvalue weighted by Crippen LogP contribution is 2.48. The Kier molecular flexibility index (Phi) is 5.81. The van der Waals surface area contributed by atoms with E-state index in [9.17, 15) is 14.9 Å². The van der Waals surface area contributed by atoms with Crippen LogP contribution in [0, 0.1) is 18.3 Å². The Morgan fingerprint density at radius 3 is 2.46 bits per heavy atom. The minimum atomic E-state index is -0.894.